The molecule has 0 saturated carbocycles. The van der Waals surface area contributed by atoms with Crippen molar-refractivity contribution in [2.24, 2.45) is 0 Å². The Morgan fingerprint density at radius 1 is 0.955 bits per heavy atom. The molecule has 7 nitrogen and oxygen atoms in total. The third-order valence-electron chi connectivity index (χ3n) is 3.33. The van der Waals surface area contributed by atoms with Gasteiger partial charge in [0.15, 0.2) is 11.3 Å². The smallest absolute Gasteiger partial charge is 0.208 e. The number of hydrogen-bond donors (Lipinski definition) is 3. The molecule has 1 heterocycles. The molecule has 0 unspecified atom stereocenters. The second-order valence-corrected chi connectivity index (χ2v) is 4.61. The number of phenolic OH excluding ortho intramolecular Hbond substituents is 3. The Balaban J connectivity index is 2.60. The molecular weight excluding hydrogens is 292 g/mol. The van der Waals surface area contributed by atoms with Gasteiger partial charge in [-0.15, -0.1) is 0 Å². The second-order valence-electron chi connectivity index (χ2n) is 4.61. The topological polar surface area (TPSA) is 109 Å². The summed E-state index contributed by atoms with van der Waals surface area (Å²) in [7, 11) is 2.67. The Kier molecular flexibility index (Phi) is 2.98. The number of benzene rings is 2. The van der Waals surface area contributed by atoms with Crippen molar-refractivity contribution < 1.29 is 29.2 Å². The third kappa shape index (κ3) is 1.79. The van der Waals surface area contributed by atoms with Crippen LogP contribution in [-0.2, 0) is 0 Å². The zero-order chi connectivity index (χ0) is 16.0. The maximum absolute atomic E-state index is 12.5. The van der Waals surface area contributed by atoms with Crippen LogP contribution in [0, 0.1) is 0 Å². The van der Waals surface area contributed by atoms with E-state index < -0.39 is 11.2 Å². The van der Waals surface area contributed by atoms with Gasteiger partial charge >= 0.3 is 0 Å². The van der Waals surface area contributed by atoms with Gasteiger partial charge in [0.2, 0.25) is 16.9 Å². The summed E-state index contributed by atoms with van der Waals surface area (Å²) in [5.74, 6) is -0.907. The number of rotatable bonds is 2. The summed E-state index contributed by atoms with van der Waals surface area (Å²) < 4.78 is 15.8. The van der Waals surface area contributed by atoms with Crippen LogP contribution < -0.4 is 14.9 Å². The third-order valence-corrected chi connectivity index (χ3v) is 3.33. The van der Waals surface area contributed by atoms with Crippen LogP contribution in [-0.4, -0.2) is 29.5 Å². The maximum Gasteiger partial charge on any atom is 0.208 e. The van der Waals surface area contributed by atoms with E-state index in [1.165, 1.54) is 26.4 Å². The highest BCUT2D eigenvalue weighted by Crippen LogP contribution is 2.43. The molecule has 0 bridgehead atoms. The average molecular weight is 304 g/mol. The summed E-state index contributed by atoms with van der Waals surface area (Å²) in [6.45, 7) is 0. The molecule has 114 valence electrons. The van der Waals surface area contributed by atoms with Crippen molar-refractivity contribution in [1.29, 1.82) is 0 Å². The fourth-order valence-electron chi connectivity index (χ4n) is 2.40. The Morgan fingerprint density at radius 2 is 1.64 bits per heavy atom. The van der Waals surface area contributed by atoms with Crippen LogP contribution >= 0.6 is 0 Å². The lowest BCUT2D eigenvalue weighted by Crippen LogP contribution is -2.04. The first kappa shape index (κ1) is 13.9. The number of methoxy groups -OCH3 is 2. The average Bonchev–Trinajstić information content (AvgIpc) is 2.46. The molecule has 0 aliphatic rings. The lowest BCUT2D eigenvalue weighted by molar-refractivity contribution is 0.332. The Labute approximate surface area is 123 Å². The van der Waals surface area contributed by atoms with E-state index in [0.29, 0.717) is 0 Å². The quantitative estimate of drug-likeness (QED) is 0.622. The zero-order valence-corrected chi connectivity index (χ0v) is 11.7. The molecule has 0 fully saturated rings. The highest BCUT2D eigenvalue weighted by molar-refractivity contribution is 5.97. The van der Waals surface area contributed by atoms with E-state index in [1.54, 1.807) is 0 Å². The van der Waals surface area contributed by atoms with Crippen LogP contribution in [0.1, 0.15) is 0 Å². The molecule has 0 aliphatic carbocycles. The predicted octanol–water partition coefficient (Wildman–Crippen LogP) is 2.08. The van der Waals surface area contributed by atoms with Gasteiger partial charge in [-0.25, -0.2) is 0 Å². The molecule has 0 spiro atoms. The lowest BCUT2D eigenvalue weighted by atomic mass is 10.1. The summed E-state index contributed by atoms with van der Waals surface area (Å²) in [5.41, 5.74) is -0.536. The molecule has 0 radical (unpaired) electrons. The van der Waals surface area contributed by atoms with Gasteiger partial charge in [0.1, 0.15) is 22.5 Å². The first-order valence-corrected chi connectivity index (χ1v) is 6.24. The van der Waals surface area contributed by atoms with Gasteiger partial charge < -0.3 is 29.2 Å². The summed E-state index contributed by atoms with van der Waals surface area (Å²) in [6, 6.07) is 3.41. The fourth-order valence-corrected chi connectivity index (χ4v) is 2.40. The molecule has 7 heteroatoms. The minimum absolute atomic E-state index is 0.0129. The van der Waals surface area contributed by atoms with Gasteiger partial charge in [0, 0.05) is 12.1 Å². The van der Waals surface area contributed by atoms with Crippen molar-refractivity contribution in [3.8, 4) is 28.7 Å². The van der Waals surface area contributed by atoms with Gasteiger partial charge in [0.25, 0.3) is 0 Å². The van der Waals surface area contributed by atoms with Gasteiger partial charge in [-0.3, -0.25) is 4.79 Å². The maximum atomic E-state index is 12.5. The van der Waals surface area contributed by atoms with Crippen LogP contribution in [0.15, 0.2) is 27.4 Å². The molecule has 1 aromatic heterocycles. The van der Waals surface area contributed by atoms with E-state index in [1.807, 2.05) is 0 Å². The highest BCUT2D eigenvalue weighted by atomic mass is 16.5. The summed E-state index contributed by atoms with van der Waals surface area (Å²) in [4.78, 5) is 12.5. The zero-order valence-electron chi connectivity index (χ0n) is 11.7. The first-order chi connectivity index (χ1) is 10.5. The van der Waals surface area contributed by atoms with Gasteiger partial charge in [-0.1, -0.05) is 0 Å². The van der Waals surface area contributed by atoms with Crippen molar-refractivity contribution in [2.75, 3.05) is 14.2 Å². The summed E-state index contributed by atoms with van der Waals surface area (Å²) >= 11 is 0. The van der Waals surface area contributed by atoms with Crippen LogP contribution in [0.5, 0.6) is 28.7 Å². The Morgan fingerprint density at radius 3 is 2.27 bits per heavy atom. The number of aromatic hydroxyl groups is 3. The van der Waals surface area contributed by atoms with Crippen molar-refractivity contribution >= 4 is 21.9 Å². The molecule has 0 aliphatic heterocycles. The number of ether oxygens (including phenoxy) is 2. The van der Waals surface area contributed by atoms with Gasteiger partial charge in [0.05, 0.1) is 19.6 Å². The van der Waals surface area contributed by atoms with Gasteiger partial charge in [-0.2, -0.15) is 0 Å². The van der Waals surface area contributed by atoms with Crippen LogP contribution in [0.25, 0.3) is 21.9 Å². The first-order valence-electron chi connectivity index (χ1n) is 6.24. The Hall–Kier alpha value is -3.09. The molecule has 2 aromatic carbocycles. The molecule has 3 rings (SSSR count). The molecule has 0 saturated heterocycles. The van der Waals surface area contributed by atoms with Crippen LogP contribution in [0.2, 0.25) is 0 Å². The minimum atomic E-state index is -0.565. The Bertz CT molecular complexity index is 956. The molecular formula is C15H12O7. The van der Waals surface area contributed by atoms with Gasteiger partial charge in [-0.05, 0) is 6.07 Å². The van der Waals surface area contributed by atoms with E-state index in [2.05, 4.69) is 0 Å². The fraction of sp³-hybridized carbons (Fsp3) is 0.133. The van der Waals surface area contributed by atoms with E-state index in [4.69, 9.17) is 13.9 Å². The predicted molar refractivity (Wildman–Crippen MR) is 78.1 cm³/mol. The van der Waals surface area contributed by atoms with E-state index in [-0.39, 0.29) is 44.9 Å². The monoisotopic (exact) mass is 304 g/mol. The largest absolute Gasteiger partial charge is 0.508 e. The second kappa shape index (κ2) is 4.73. The normalized spacial score (nSPS) is 11.0. The lowest BCUT2D eigenvalue weighted by Gasteiger charge is -2.12. The van der Waals surface area contributed by atoms with Crippen molar-refractivity contribution in [2.45, 2.75) is 0 Å². The van der Waals surface area contributed by atoms with Crippen LogP contribution in [0.4, 0.5) is 0 Å². The van der Waals surface area contributed by atoms with E-state index in [9.17, 15) is 20.1 Å². The molecule has 0 atom stereocenters. The number of fused-ring (bicyclic) bond motifs is 2. The molecule has 3 aromatic rings. The van der Waals surface area contributed by atoms with Crippen molar-refractivity contribution in [3.63, 3.8) is 0 Å². The SMILES string of the molecule is COc1c(O)cc2c(=O)c3c(O)cc(O)cc3oc2c1OC. The van der Waals surface area contributed by atoms with E-state index in [0.717, 1.165) is 6.07 Å². The highest BCUT2D eigenvalue weighted by Gasteiger charge is 2.21. The molecule has 22 heavy (non-hydrogen) atoms. The summed E-state index contributed by atoms with van der Waals surface area (Å²) in [6.07, 6.45) is 0. The minimum Gasteiger partial charge on any atom is -0.508 e. The van der Waals surface area contributed by atoms with Crippen molar-refractivity contribution in [1.82, 2.24) is 0 Å². The summed E-state index contributed by atoms with van der Waals surface area (Å²) in [5, 5.41) is 29.2. The van der Waals surface area contributed by atoms with Crippen molar-refractivity contribution in [3.05, 3.63) is 28.4 Å². The molecule has 0 amide bonds. The van der Waals surface area contributed by atoms with E-state index >= 15 is 0 Å². The molecule has 3 N–H and O–H groups in total. The standard InChI is InChI=1S/C15H12O7/c1-20-14-9(18)5-7-12(19)11-8(17)3-6(16)4-10(11)22-13(7)15(14)21-2/h3-5,16-18H,1-2H3. The van der Waals surface area contributed by atoms with Crippen LogP contribution in [0.3, 0.4) is 0 Å². The number of phenols is 3. The number of hydrogen-bond acceptors (Lipinski definition) is 7.